The Morgan fingerprint density at radius 1 is 1.00 bits per heavy atom. The van der Waals surface area contributed by atoms with Crippen molar-refractivity contribution in [1.82, 2.24) is 30.0 Å². The van der Waals surface area contributed by atoms with Crippen LogP contribution in [0.3, 0.4) is 0 Å². The minimum Gasteiger partial charge on any atom is -0.345 e. The number of aromatic nitrogens is 5. The number of urea groups is 1. The number of rotatable bonds is 3. The molecule has 34 heavy (non-hydrogen) atoms. The monoisotopic (exact) mass is 449 g/mol. The van der Waals surface area contributed by atoms with Gasteiger partial charge in [-0.05, 0) is 41.5 Å². The molecular weight excluding hydrogens is 430 g/mol. The molecule has 9 nitrogen and oxygen atoms in total. The molecule has 0 saturated carbocycles. The van der Waals surface area contributed by atoms with Crippen molar-refractivity contribution in [1.29, 1.82) is 0 Å². The highest BCUT2D eigenvalue weighted by Gasteiger charge is 2.23. The lowest BCUT2D eigenvalue weighted by atomic mass is 10.0. The van der Waals surface area contributed by atoms with Crippen molar-refractivity contribution in [2.45, 2.75) is 13.1 Å². The van der Waals surface area contributed by atoms with Crippen molar-refractivity contribution in [3.8, 4) is 22.4 Å². The van der Waals surface area contributed by atoms with E-state index < -0.39 is 0 Å². The maximum Gasteiger partial charge on any atom is 0.322 e. The lowest BCUT2D eigenvalue weighted by Crippen LogP contribution is -2.30. The molecule has 3 N–H and O–H groups in total. The Hall–Kier alpha value is -4.79. The summed E-state index contributed by atoms with van der Waals surface area (Å²) < 4.78 is 0. The van der Waals surface area contributed by atoms with E-state index in [1.54, 1.807) is 29.7 Å². The molecule has 6 rings (SSSR count). The first-order valence-electron chi connectivity index (χ1n) is 10.8. The topological polar surface area (TPSA) is 120 Å². The van der Waals surface area contributed by atoms with Gasteiger partial charge in [-0.3, -0.25) is 9.78 Å². The van der Waals surface area contributed by atoms with Gasteiger partial charge < -0.3 is 15.2 Å². The Balaban J connectivity index is 1.23. The number of H-pyrrole nitrogens is 2. The van der Waals surface area contributed by atoms with Gasteiger partial charge in [0.15, 0.2) is 0 Å². The van der Waals surface area contributed by atoms with Crippen LogP contribution in [0.4, 0.5) is 10.5 Å². The molecule has 0 saturated heterocycles. The zero-order valence-electron chi connectivity index (χ0n) is 17.9. The van der Waals surface area contributed by atoms with E-state index in [1.165, 1.54) is 0 Å². The molecule has 2 aromatic carbocycles. The van der Waals surface area contributed by atoms with Crippen molar-refractivity contribution >= 4 is 22.8 Å². The van der Waals surface area contributed by atoms with Gasteiger partial charge in [0, 0.05) is 42.3 Å². The van der Waals surface area contributed by atoms with Crippen molar-refractivity contribution in [3.63, 3.8) is 0 Å². The van der Waals surface area contributed by atoms with Gasteiger partial charge in [0.2, 0.25) is 0 Å². The lowest BCUT2D eigenvalue weighted by molar-refractivity contribution is 0.212. The highest BCUT2D eigenvalue weighted by molar-refractivity contribution is 5.92. The Morgan fingerprint density at radius 2 is 1.85 bits per heavy atom. The number of nitrogens with zero attached hydrogens (tertiary/aromatic N) is 4. The van der Waals surface area contributed by atoms with Gasteiger partial charge in [-0.25, -0.2) is 14.9 Å². The van der Waals surface area contributed by atoms with Crippen LogP contribution in [-0.2, 0) is 13.1 Å². The number of carbonyl (C=O) groups excluding carboxylic acids is 1. The minimum absolute atomic E-state index is 0.166. The Labute approximate surface area is 193 Å². The van der Waals surface area contributed by atoms with Crippen LogP contribution in [0.15, 0.2) is 78.1 Å². The number of imidazole rings is 1. The van der Waals surface area contributed by atoms with Gasteiger partial charge >= 0.3 is 6.03 Å². The van der Waals surface area contributed by atoms with Crippen LogP contribution < -0.4 is 10.9 Å². The molecule has 4 heterocycles. The zero-order chi connectivity index (χ0) is 23.1. The molecule has 1 aliphatic rings. The van der Waals surface area contributed by atoms with Crippen LogP contribution >= 0.6 is 0 Å². The first-order chi connectivity index (χ1) is 16.7. The summed E-state index contributed by atoms with van der Waals surface area (Å²) in [5.41, 5.74) is 6.79. The van der Waals surface area contributed by atoms with E-state index in [4.69, 9.17) is 0 Å². The normalized spacial score (nSPS) is 12.6. The number of pyridine rings is 1. The number of hydrogen-bond donors (Lipinski definition) is 3. The van der Waals surface area contributed by atoms with Crippen molar-refractivity contribution in [3.05, 3.63) is 94.8 Å². The molecule has 0 bridgehead atoms. The van der Waals surface area contributed by atoms with Gasteiger partial charge in [0.05, 0.1) is 28.6 Å². The predicted molar refractivity (Wildman–Crippen MR) is 128 cm³/mol. The molecule has 0 atom stereocenters. The molecule has 0 spiro atoms. The van der Waals surface area contributed by atoms with Crippen molar-refractivity contribution in [2.75, 3.05) is 5.32 Å². The predicted octanol–water partition coefficient (Wildman–Crippen LogP) is 3.92. The number of fused-ring (bicyclic) bond motifs is 2. The summed E-state index contributed by atoms with van der Waals surface area (Å²) in [5.74, 6) is 0. The highest BCUT2D eigenvalue weighted by Crippen LogP contribution is 2.27. The highest BCUT2D eigenvalue weighted by atomic mass is 16.2. The molecule has 0 unspecified atom stereocenters. The maximum atomic E-state index is 12.7. The van der Waals surface area contributed by atoms with E-state index in [0.717, 1.165) is 33.3 Å². The second-order valence-corrected chi connectivity index (χ2v) is 8.11. The molecule has 5 aromatic rings. The lowest BCUT2D eigenvalue weighted by Gasteiger charge is -2.16. The van der Waals surface area contributed by atoms with E-state index >= 15 is 0 Å². The Morgan fingerprint density at radius 3 is 2.71 bits per heavy atom. The van der Waals surface area contributed by atoms with Crippen molar-refractivity contribution < 1.29 is 4.79 Å². The largest absolute Gasteiger partial charge is 0.345 e. The van der Waals surface area contributed by atoms with Crippen LogP contribution in [0.1, 0.15) is 11.1 Å². The number of para-hydroxylation sites is 1. The number of aromatic amines is 2. The number of hydrogen-bond acceptors (Lipinski definition) is 5. The molecule has 0 aliphatic carbocycles. The van der Waals surface area contributed by atoms with E-state index in [0.29, 0.717) is 30.0 Å². The average molecular weight is 449 g/mol. The number of carbonyl (C=O) groups is 1. The molecule has 3 aromatic heterocycles. The molecule has 0 radical (unpaired) electrons. The number of nitrogens with one attached hydrogen (secondary N) is 3. The minimum atomic E-state index is -0.287. The van der Waals surface area contributed by atoms with Crippen LogP contribution in [0, 0.1) is 0 Å². The Kier molecular flexibility index (Phi) is 4.65. The van der Waals surface area contributed by atoms with Gasteiger partial charge in [-0.2, -0.15) is 5.10 Å². The first-order valence-corrected chi connectivity index (χ1v) is 10.8. The van der Waals surface area contributed by atoms with Gasteiger partial charge in [-0.1, -0.05) is 24.3 Å². The number of amides is 2. The van der Waals surface area contributed by atoms with E-state index in [2.05, 4.69) is 30.5 Å². The van der Waals surface area contributed by atoms with Crippen molar-refractivity contribution in [2.24, 2.45) is 0 Å². The Bertz CT molecular complexity index is 1560. The standard InChI is InChI=1S/C25H19N7O2/c33-24-20(19-2-1-3-21-23(19)28-14-27-21)10-22(30-31-24)15-4-6-18(7-5-15)29-25(34)32-12-16-8-9-26-11-17(16)13-32/h1-11,14H,12-13H2,(H,27,28)(H,29,34)(H,31,33). The third-order valence-corrected chi connectivity index (χ3v) is 5.99. The second kappa shape index (κ2) is 7.96. The average Bonchev–Trinajstić information content (AvgIpc) is 3.52. The van der Waals surface area contributed by atoms with Gasteiger partial charge in [-0.15, -0.1) is 0 Å². The van der Waals surface area contributed by atoms with Crippen LogP contribution in [0.5, 0.6) is 0 Å². The third kappa shape index (κ3) is 3.49. The van der Waals surface area contributed by atoms with Crippen LogP contribution in [0.25, 0.3) is 33.4 Å². The fourth-order valence-electron chi connectivity index (χ4n) is 4.23. The maximum absolute atomic E-state index is 12.7. The van der Waals surface area contributed by atoms with Crippen LogP contribution in [-0.4, -0.2) is 36.1 Å². The first kappa shape index (κ1) is 19.9. The molecule has 166 valence electrons. The summed E-state index contributed by atoms with van der Waals surface area (Å²) in [6, 6.07) is 16.5. The summed E-state index contributed by atoms with van der Waals surface area (Å²) in [7, 11) is 0. The molecule has 1 aliphatic heterocycles. The quantitative estimate of drug-likeness (QED) is 0.386. The molecule has 0 fully saturated rings. The summed E-state index contributed by atoms with van der Waals surface area (Å²) in [4.78, 5) is 38.5. The molecular formula is C25H19N7O2. The summed E-state index contributed by atoms with van der Waals surface area (Å²) in [6.45, 7) is 1.11. The van der Waals surface area contributed by atoms with Gasteiger partial charge in [0.25, 0.3) is 5.56 Å². The zero-order valence-corrected chi connectivity index (χ0v) is 17.9. The fraction of sp³-hybridized carbons (Fsp3) is 0.0800. The van der Waals surface area contributed by atoms with E-state index in [-0.39, 0.29) is 11.6 Å². The smallest absolute Gasteiger partial charge is 0.322 e. The number of benzene rings is 2. The second-order valence-electron chi connectivity index (χ2n) is 8.11. The molecule has 9 heteroatoms. The van der Waals surface area contributed by atoms with E-state index in [1.807, 2.05) is 48.5 Å². The summed E-state index contributed by atoms with van der Waals surface area (Å²) >= 11 is 0. The van der Waals surface area contributed by atoms with Crippen LogP contribution in [0.2, 0.25) is 0 Å². The molecule has 2 amide bonds. The fourth-order valence-corrected chi connectivity index (χ4v) is 4.23. The summed E-state index contributed by atoms with van der Waals surface area (Å²) in [5, 5.41) is 9.74. The third-order valence-electron chi connectivity index (χ3n) is 5.99. The summed E-state index contributed by atoms with van der Waals surface area (Å²) in [6.07, 6.45) is 5.15. The SMILES string of the molecule is O=C(Nc1ccc(-c2cc(-c3cccc4[nH]cnc34)c(=O)[nH]n2)cc1)N1Cc2ccncc2C1. The number of anilines is 1. The van der Waals surface area contributed by atoms with E-state index in [9.17, 15) is 9.59 Å². The van der Waals surface area contributed by atoms with Gasteiger partial charge in [0.1, 0.15) is 0 Å².